The van der Waals surface area contributed by atoms with E-state index >= 15 is 0 Å². The summed E-state index contributed by atoms with van der Waals surface area (Å²) in [6.07, 6.45) is 5.67. The minimum absolute atomic E-state index is 0.00194. The first-order valence-corrected chi connectivity index (χ1v) is 9.31. The highest BCUT2D eigenvalue weighted by Gasteiger charge is 2.16. The monoisotopic (exact) mass is 369 g/mol. The third-order valence-electron chi connectivity index (χ3n) is 4.69. The number of rotatable bonds is 6. The summed E-state index contributed by atoms with van der Waals surface area (Å²) in [7, 11) is 0. The Morgan fingerprint density at radius 1 is 0.963 bits per heavy atom. The highest BCUT2D eigenvalue weighted by molar-refractivity contribution is 5.95. The van der Waals surface area contributed by atoms with Gasteiger partial charge in [0.25, 0.3) is 5.91 Å². The highest BCUT2D eigenvalue weighted by Crippen LogP contribution is 2.18. The smallest absolute Gasteiger partial charge is 0.251 e. The fourth-order valence-corrected chi connectivity index (χ4v) is 3.19. The average molecular weight is 369 g/mol. The van der Waals surface area contributed by atoms with Crippen LogP contribution in [0, 0.1) is 5.82 Å². The lowest BCUT2D eigenvalue weighted by molar-refractivity contribution is -0.114. The van der Waals surface area contributed by atoms with Gasteiger partial charge in [-0.1, -0.05) is 31.4 Å². The molecule has 2 amide bonds. The number of carbonyl (C=O) groups is 2. The van der Waals surface area contributed by atoms with Crippen LogP contribution in [0.4, 0.5) is 15.8 Å². The SMILES string of the molecule is O=C(CNc1ccc(C(=O)NC2CCCCC2)cc1)Nc1ccccc1F. The van der Waals surface area contributed by atoms with E-state index in [-0.39, 0.29) is 30.1 Å². The summed E-state index contributed by atoms with van der Waals surface area (Å²) in [6, 6.07) is 13.3. The predicted octanol–water partition coefficient (Wildman–Crippen LogP) is 3.94. The molecule has 1 fully saturated rings. The molecule has 3 N–H and O–H groups in total. The van der Waals surface area contributed by atoms with Gasteiger partial charge in [-0.15, -0.1) is 0 Å². The Kier molecular flexibility index (Phi) is 6.41. The molecule has 0 spiro atoms. The van der Waals surface area contributed by atoms with Crippen molar-refractivity contribution >= 4 is 23.2 Å². The minimum Gasteiger partial charge on any atom is -0.376 e. The molecule has 2 aromatic rings. The summed E-state index contributed by atoms with van der Waals surface area (Å²) in [6.45, 7) is 0.00194. The molecule has 3 rings (SSSR count). The molecule has 1 aliphatic carbocycles. The molecular formula is C21H24FN3O2. The van der Waals surface area contributed by atoms with E-state index in [4.69, 9.17) is 0 Å². The summed E-state index contributed by atoms with van der Waals surface area (Å²) in [5.41, 5.74) is 1.47. The van der Waals surface area contributed by atoms with Gasteiger partial charge < -0.3 is 16.0 Å². The number of halogens is 1. The van der Waals surface area contributed by atoms with Gasteiger partial charge >= 0.3 is 0 Å². The summed E-state index contributed by atoms with van der Waals surface area (Å²) in [4.78, 5) is 24.2. The first kappa shape index (κ1) is 18.9. The van der Waals surface area contributed by atoms with Crippen molar-refractivity contribution in [1.82, 2.24) is 5.32 Å². The Hall–Kier alpha value is -2.89. The van der Waals surface area contributed by atoms with Crippen molar-refractivity contribution in [3.8, 4) is 0 Å². The van der Waals surface area contributed by atoms with Crippen molar-refractivity contribution in [2.75, 3.05) is 17.2 Å². The standard InChI is InChI=1S/C21H24FN3O2/c22-18-8-4-5-9-19(18)25-20(26)14-23-16-12-10-15(11-13-16)21(27)24-17-6-2-1-3-7-17/h4-5,8-13,17,23H,1-3,6-7,14H2,(H,24,27)(H,25,26). The van der Waals surface area contributed by atoms with Gasteiger partial charge in [0, 0.05) is 17.3 Å². The molecule has 27 heavy (non-hydrogen) atoms. The van der Waals surface area contributed by atoms with Gasteiger partial charge in [-0.25, -0.2) is 4.39 Å². The Bertz CT molecular complexity index is 786. The van der Waals surface area contributed by atoms with Gasteiger partial charge in [0.2, 0.25) is 5.91 Å². The topological polar surface area (TPSA) is 70.2 Å². The number of anilines is 2. The van der Waals surface area contributed by atoms with E-state index < -0.39 is 5.82 Å². The van der Waals surface area contributed by atoms with Crippen LogP contribution in [0.15, 0.2) is 48.5 Å². The average Bonchev–Trinajstić information content (AvgIpc) is 2.69. The minimum atomic E-state index is -0.473. The molecule has 1 aliphatic rings. The number of para-hydroxylation sites is 1. The Balaban J connectivity index is 1.48. The van der Waals surface area contributed by atoms with E-state index in [1.54, 1.807) is 36.4 Å². The summed E-state index contributed by atoms with van der Waals surface area (Å²) < 4.78 is 13.5. The number of hydrogen-bond donors (Lipinski definition) is 3. The molecule has 0 heterocycles. The molecule has 5 nitrogen and oxygen atoms in total. The first-order chi connectivity index (χ1) is 13.1. The van der Waals surface area contributed by atoms with Crippen molar-refractivity contribution in [1.29, 1.82) is 0 Å². The van der Waals surface area contributed by atoms with Crippen molar-refractivity contribution in [2.45, 2.75) is 38.1 Å². The highest BCUT2D eigenvalue weighted by atomic mass is 19.1. The Morgan fingerprint density at radius 2 is 1.67 bits per heavy atom. The molecule has 6 heteroatoms. The van der Waals surface area contributed by atoms with Gasteiger partial charge in [0.05, 0.1) is 12.2 Å². The van der Waals surface area contributed by atoms with Gasteiger partial charge in [-0.2, -0.15) is 0 Å². The lowest BCUT2D eigenvalue weighted by Gasteiger charge is -2.22. The van der Waals surface area contributed by atoms with Crippen molar-refractivity contribution in [3.05, 3.63) is 59.9 Å². The van der Waals surface area contributed by atoms with Crippen LogP contribution in [-0.4, -0.2) is 24.4 Å². The van der Waals surface area contributed by atoms with Gasteiger partial charge in [0.1, 0.15) is 5.82 Å². The normalized spacial score (nSPS) is 14.4. The molecule has 0 bridgehead atoms. The largest absolute Gasteiger partial charge is 0.376 e. The Labute approximate surface area is 158 Å². The van der Waals surface area contributed by atoms with Crippen LogP contribution in [0.25, 0.3) is 0 Å². The number of carbonyl (C=O) groups excluding carboxylic acids is 2. The van der Waals surface area contributed by atoms with E-state index in [9.17, 15) is 14.0 Å². The van der Waals surface area contributed by atoms with E-state index in [0.717, 1.165) is 12.8 Å². The van der Waals surface area contributed by atoms with E-state index in [0.29, 0.717) is 11.3 Å². The third-order valence-corrected chi connectivity index (χ3v) is 4.69. The second kappa shape index (κ2) is 9.16. The zero-order valence-electron chi connectivity index (χ0n) is 15.1. The van der Waals surface area contributed by atoms with Crippen molar-refractivity contribution in [3.63, 3.8) is 0 Å². The van der Waals surface area contributed by atoms with Crippen molar-refractivity contribution in [2.24, 2.45) is 0 Å². The summed E-state index contributed by atoms with van der Waals surface area (Å²) in [5, 5.41) is 8.56. The van der Waals surface area contributed by atoms with Gasteiger partial charge in [0.15, 0.2) is 0 Å². The molecule has 0 aromatic heterocycles. The van der Waals surface area contributed by atoms with Crippen LogP contribution in [0.1, 0.15) is 42.5 Å². The predicted molar refractivity (Wildman–Crippen MR) is 104 cm³/mol. The maximum Gasteiger partial charge on any atom is 0.251 e. The van der Waals surface area contributed by atoms with Crippen molar-refractivity contribution < 1.29 is 14.0 Å². The zero-order valence-corrected chi connectivity index (χ0v) is 15.1. The number of nitrogens with one attached hydrogen (secondary N) is 3. The molecule has 142 valence electrons. The summed E-state index contributed by atoms with van der Waals surface area (Å²) in [5.74, 6) is -0.885. The van der Waals surface area contributed by atoms with Gasteiger partial charge in [-0.3, -0.25) is 9.59 Å². The maximum absolute atomic E-state index is 13.5. The molecule has 2 aromatic carbocycles. The number of hydrogen-bond acceptors (Lipinski definition) is 3. The fourth-order valence-electron chi connectivity index (χ4n) is 3.19. The van der Waals surface area contributed by atoms with E-state index in [2.05, 4.69) is 16.0 Å². The van der Waals surface area contributed by atoms with Gasteiger partial charge in [-0.05, 0) is 49.2 Å². The Morgan fingerprint density at radius 3 is 2.37 bits per heavy atom. The molecule has 0 unspecified atom stereocenters. The van der Waals surface area contributed by atoms with Crippen LogP contribution in [-0.2, 0) is 4.79 Å². The first-order valence-electron chi connectivity index (χ1n) is 9.31. The molecular weight excluding hydrogens is 345 g/mol. The summed E-state index contributed by atoms with van der Waals surface area (Å²) >= 11 is 0. The van der Waals surface area contributed by atoms with Crippen LogP contribution in [0.2, 0.25) is 0 Å². The van der Waals surface area contributed by atoms with E-state index in [1.807, 2.05) is 0 Å². The van der Waals surface area contributed by atoms with Crippen LogP contribution in [0.5, 0.6) is 0 Å². The molecule has 0 saturated heterocycles. The second-order valence-corrected chi connectivity index (χ2v) is 6.77. The second-order valence-electron chi connectivity index (χ2n) is 6.77. The number of benzene rings is 2. The number of amides is 2. The van der Waals surface area contributed by atoms with Crippen LogP contribution >= 0.6 is 0 Å². The quantitative estimate of drug-likeness (QED) is 0.722. The third kappa shape index (κ3) is 5.54. The molecule has 0 aliphatic heterocycles. The molecule has 1 saturated carbocycles. The molecule has 0 atom stereocenters. The van der Waals surface area contributed by atoms with Crippen LogP contribution in [0.3, 0.4) is 0 Å². The van der Waals surface area contributed by atoms with Crippen LogP contribution < -0.4 is 16.0 Å². The lowest BCUT2D eigenvalue weighted by atomic mass is 9.95. The zero-order chi connectivity index (χ0) is 19.1. The lowest BCUT2D eigenvalue weighted by Crippen LogP contribution is -2.36. The van der Waals surface area contributed by atoms with E-state index in [1.165, 1.54) is 31.4 Å². The molecule has 0 radical (unpaired) electrons. The maximum atomic E-state index is 13.5. The fraction of sp³-hybridized carbons (Fsp3) is 0.333.